The Morgan fingerprint density at radius 2 is 2.12 bits per heavy atom. The standard InChI is InChI=1S/C13H18ClNOS/c14-13-5-2-1-4-12(13)6-8-15-7-3-10-17-11-9-16/h1-2,4-5,9,15H,3,6-8,10-11H2. The highest BCUT2D eigenvalue weighted by molar-refractivity contribution is 7.99. The molecule has 0 heterocycles. The van der Waals surface area contributed by atoms with Gasteiger partial charge in [-0.1, -0.05) is 29.8 Å². The predicted molar refractivity (Wildman–Crippen MR) is 76.0 cm³/mol. The number of carbonyl (C=O) groups excluding carboxylic acids is 1. The lowest BCUT2D eigenvalue weighted by molar-refractivity contribution is -0.105. The van der Waals surface area contributed by atoms with Gasteiger partial charge < -0.3 is 10.1 Å². The maximum absolute atomic E-state index is 10.1. The monoisotopic (exact) mass is 271 g/mol. The van der Waals surface area contributed by atoms with Gasteiger partial charge in [0.2, 0.25) is 0 Å². The fraction of sp³-hybridized carbons (Fsp3) is 0.462. The van der Waals surface area contributed by atoms with Crippen LogP contribution in [0.2, 0.25) is 5.02 Å². The predicted octanol–water partition coefficient (Wildman–Crippen LogP) is 2.79. The number of hydrogen-bond donors (Lipinski definition) is 1. The fourth-order valence-electron chi connectivity index (χ4n) is 1.48. The Balaban J connectivity index is 2.01. The number of nitrogens with one attached hydrogen (secondary N) is 1. The number of carbonyl (C=O) groups is 1. The molecule has 1 N–H and O–H groups in total. The summed E-state index contributed by atoms with van der Waals surface area (Å²) in [5, 5.41) is 4.22. The molecule has 0 bridgehead atoms. The molecule has 0 aliphatic carbocycles. The zero-order valence-electron chi connectivity index (χ0n) is 9.82. The first kappa shape index (κ1) is 14.6. The van der Waals surface area contributed by atoms with Gasteiger partial charge in [0.15, 0.2) is 0 Å². The Labute approximate surface area is 112 Å². The van der Waals surface area contributed by atoms with Gasteiger partial charge >= 0.3 is 0 Å². The van der Waals surface area contributed by atoms with E-state index in [-0.39, 0.29) is 0 Å². The first-order chi connectivity index (χ1) is 8.34. The van der Waals surface area contributed by atoms with E-state index in [1.807, 2.05) is 18.2 Å². The first-order valence-electron chi connectivity index (χ1n) is 5.80. The highest BCUT2D eigenvalue weighted by Gasteiger charge is 1.97. The van der Waals surface area contributed by atoms with Gasteiger partial charge in [-0.25, -0.2) is 0 Å². The smallest absolute Gasteiger partial charge is 0.129 e. The topological polar surface area (TPSA) is 29.1 Å². The third-order valence-electron chi connectivity index (χ3n) is 2.36. The Morgan fingerprint density at radius 1 is 1.29 bits per heavy atom. The minimum atomic E-state index is 0.611. The van der Waals surface area contributed by atoms with Crippen LogP contribution < -0.4 is 5.32 Å². The highest BCUT2D eigenvalue weighted by atomic mass is 35.5. The molecule has 0 spiro atoms. The van der Waals surface area contributed by atoms with E-state index in [1.165, 1.54) is 5.56 Å². The van der Waals surface area contributed by atoms with Crippen molar-refractivity contribution in [2.24, 2.45) is 0 Å². The van der Waals surface area contributed by atoms with Gasteiger partial charge in [-0.2, -0.15) is 11.8 Å². The van der Waals surface area contributed by atoms with E-state index in [4.69, 9.17) is 11.6 Å². The van der Waals surface area contributed by atoms with Crippen LogP contribution in [-0.2, 0) is 11.2 Å². The number of hydrogen-bond acceptors (Lipinski definition) is 3. The third-order valence-corrected chi connectivity index (χ3v) is 3.67. The van der Waals surface area contributed by atoms with Crippen LogP contribution in [-0.4, -0.2) is 30.9 Å². The molecule has 0 atom stereocenters. The second-order valence-electron chi connectivity index (χ2n) is 3.69. The van der Waals surface area contributed by atoms with Gasteiger partial charge in [0.25, 0.3) is 0 Å². The van der Waals surface area contributed by atoms with Gasteiger partial charge in [0, 0.05) is 10.8 Å². The Hall–Kier alpha value is -0.510. The van der Waals surface area contributed by atoms with Crippen molar-refractivity contribution in [3.05, 3.63) is 34.9 Å². The van der Waals surface area contributed by atoms with E-state index in [2.05, 4.69) is 11.4 Å². The number of rotatable bonds is 9. The van der Waals surface area contributed by atoms with Gasteiger partial charge in [0.05, 0.1) is 0 Å². The molecule has 0 saturated carbocycles. The molecule has 1 rings (SSSR count). The lowest BCUT2D eigenvalue weighted by Crippen LogP contribution is -2.19. The maximum atomic E-state index is 10.1. The van der Waals surface area contributed by atoms with E-state index in [0.717, 1.165) is 43.0 Å². The number of thioether (sulfide) groups is 1. The number of benzene rings is 1. The molecule has 4 heteroatoms. The highest BCUT2D eigenvalue weighted by Crippen LogP contribution is 2.14. The minimum Gasteiger partial charge on any atom is -0.316 e. The van der Waals surface area contributed by atoms with Crippen LogP contribution in [0.4, 0.5) is 0 Å². The van der Waals surface area contributed by atoms with Crippen molar-refractivity contribution in [2.45, 2.75) is 12.8 Å². The van der Waals surface area contributed by atoms with E-state index in [0.29, 0.717) is 5.75 Å². The molecule has 1 aromatic rings. The van der Waals surface area contributed by atoms with Crippen molar-refractivity contribution in [2.75, 3.05) is 24.6 Å². The maximum Gasteiger partial charge on any atom is 0.129 e. The summed E-state index contributed by atoms with van der Waals surface area (Å²) in [6.07, 6.45) is 3.01. The molecule has 94 valence electrons. The number of aldehydes is 1. The van der Waals surface area contributed by atoms with Crippen LogP contribution in [0, 0.1) is 0 Å². The average Bonchev–Trinajstić information content (AvgIpc) is 2.35. The average molecular weight is 272 g/mol. The minimum absolute atomic E-state index is 0.611. The second-order valence-corrected chi connectivity index (χ2v) is 5.24. The van der Waals surface area contributed by atoms with Crippen molar-refractivity contribution in [3.63, 3.8) is 0 Å². The summed E-state index contributed by atoms with van der Waals surface area (Å²) < 4.78 is 0. The molecule has 0 fully saturated rings. The Kier molecular flexibility index (Phi) is 8.14. The molecular weight excluding hydrogens is 254 g/mol. The summed E-state index contributed by atoms with van der Waals surface area (Å²) in [4.78, 5) is 10.1. The normalized spacial score (nSPS) is 10.4. The van der Waals surface area contributed by atoms with E-state index < -0.39 is 0 Å². The van der Waals surface area contributed by atoms with Gasteiger partial charge in [-0.05, 0) is 43.3 Å². The SMILES string of the molecule is O=CCSCCCNCCc1ccccc1Cl. The molecule has 0 aliphatic rings. The molecule has 0 saturated heterocycles. The van der Waals surface area contributed by atoms with E-state index >= 15 is 0 Å². The summed E-state index contributed by atoms with van der Waals surface area (Å²) in [5.41, 5.74) is 1.19. The van der Waals surface area contributed by atoms with E-state index in [1.54, 1.807) is 11.8 Å². The van der Waals surface area contributed by atoms with Crippen LogP contribution in [0.25, 0.3) is 0 Å². The van der Waals surface area contributed by atoms with Crippen LogP contribution in [0.3, 0.4) is 0 Å². The van der Waals surface area contributed by atoms with Gasteiger partial charge in [0.1, 0.15) is 6.29 Å². The molecule has 0 amide bonds. The second kappa shape index (κ2) is 9.51. The molecule has 17 heavy (non-hydrogen) atoms. The zero-order chi connectivity index (χ0) is 12.3. The van der Waals surface area contributed by atoms with E-state index in [9.17, 15) is 4.79 Å². The lowest BCUT2D eigenvalue weighted by atomic mass is 10.1. The van der Waals surface area contributed by atoms with Crippen LogP contribution in [0.15, 0.2) is 24.3 Å². The number of halogens is 1. The molecule has 0 aliphatic heterocycles. The van der Waals surface area contributed by atoms with Crippen molar-refractivity contribution in [1.29, 1.82) is 0 Å². The summed E-state index contributed by atoms with van der Waals surface area (Å²) in [7, 11) is 0. The summed E-state index contributed by atoms with van der Waals surface area (Å²) in [6, 6.07) is 7.94. The molecule has 2 nitrogen and oxygen atoms in total. The molecule has 0 aromatic heterocycles. The largest absolute Gasteiger partial charge is 0.316 e. The fourth-order valence-corrected chi connectivity index (χ4v) is 2.32. The first-order valence-corrected chi connectivity index (χ1v) is 7.33. The molecule has 1 aromatic carbocycles. The van der Waals surface area contributed by atoms with Crippen molar-refractivity contribution in [1.82, 2.24) is 5.32 Å². The van der Waals surface area contributed by atoms with Crippen LogP contribution in [0.1, 0.15) is 12.0 Å². The Morgan fingerprint density at radius 3 is 2.88 bits per heavy atom. The van der Waals surface area contributed by atoms with Gasteiger partial charge in [-0.3, -0.25) is 0 Å². The molecular formula is C13H18ClNOS. The molecule has 0 unspecified atom stereocenters. The lowest BCUT2D eigenvalue weighted by Gasteiger charge is -2.05. The van der Waals surface area contributed by atoms with Gasteiger partial charge in [-0.15, -0.1) is 0 Å². The quantitative estimate of drug-likeness (QED) is 0.553. The van der Waals surface area contributed by atoms with Crippen molar-refractivity contribution in [3.8, 4) is 0 Å². The Bertz CT molecular complexity index is 333. The van der Waals surface area contributed by atoms with Crippen LogP contribution in [0.5, 0.6) is 0 Å². The van der Waals surface area contributed by atoms with Crippen molar-refractivity contribution >= 4 is 29.6 Å². The zero-order valence-corrected chi connectivity index (χ0v) is 11.4. The summed E-state index contributed by atoms with van der Waals surface area (Å²) in [5.74, 6) is 1.65. The van der Waals surface area contributed by atoms with Crippen molar-refractivity contribution < 1.29 is 4.79 Å². The third kappa shape index (κ3) is 6.71. The van der Waals surface area contributed by atoms with Crippen LogP contribution >= 0.6 is 23.4 Å². The molecule has 0 radical (unpaired) electrons. The summed E-state index contributed by atoms with van der Waals surface area (Å²) in [6.45, 7) is 1.94. The summed E-state index contributed by atoms with van der Waals surface area (Å²) >= 11 is 7.74.